The highest BCUT2D eigenvalue weighted by Gasteiger charge is 2.01. The van der Waals surface area contributed by atoms with Crippen molar-refractivity contribution in [2.75, 3.05) is 0 Å². The Hall–Kier alpha value is -1.04. The number of benzene rings is 1. The van der Waals surface area contributed by atoms with E-state index in [9.17, 15) is 0 Å². The van der Waals surface area contributed by atoms with Crippen LogP contribution in [-0.4, -0.2) is 0 Å². The van der Waals surface area contributed by atoms with Crippen molar-refractivity contribution in [1.82, 2.24) is 0 Å². The summed E-state index contributed by atoms with van der Waals surface area (Å²) >= 11 is 0. The molecule has 1 aromatic rings. The third-order valence-electron chi connectivity index (χ3n) is 2.41. The van der Waals surface area contributed by atoms with Gasteiger partial charge in [0.2, 0.25) is 0 Å². The van der Waals surface area contributed by atoms with E-state index in [0.29, 0.717) is 0 Å². The molecule has 0 N–H and O–H groups in total. The minimum absolute atomic E-state index is 1.03. The van der Waals surface area contributed by atoms with Gasteiger partial charge in [0.05, 0.1) is 0 Å². The average Bonchev–Trinajstić information content (AvgIpc) is 2.08. The summed E-state index contributed by atoms with van der Waals surface area (Å²) in [5, 5.41) is 0. The first-order valence-electron chi connectivity index (χ1n) is 4.41. The summed E-state index contributed by atoms with van der Waals surface area (Å²) in [6, 6.07) is 6.38. The van der Waals surface area contributed by atoms with Crippen LogP contribution >= 0.6 is 0 Å². The number of hydrogen-bond acceptors (Lipinski definition) is 0. The first kappa shape index (κ1) is 9.05. The van der Waals surface area contributed by atoms with Gasteiger partial charge in [0, 0.05) is 0 Å². The van der Waals surface area contributed by atoms with Crippen molar-refractivity contribution in [3.8, 4) is 0 Å². The molecular weight excluding hydrogens is 144 g/mol. The zero-order valence-electron chi connectivity index (χ0n) is 8.15. The maximum atomic E-state index is 4.05. The molecule has 0 saturated carbocycles. The van der Waals surface area contributed by atoms with Gasteiger partial charge in [-0.05, 0) is 42.5 Å². The van der Waals surface area contributed by atoms with Crippen molar-refractivity contribution in [2.45, 2.75) is 27.2 Å². The topological polar surface area (TPSA) is 0 Å². The summed E-state index contributed by atoms with van der Waals surface area (Å²) in [7, 11) is 0. The van der Waals surface area contributed by atoms with E-state index in [1.54, 1.807) is 0 Å². The quantitative estimate of drug-likeness (QED) is 0.618. The molecule has 0 heterocycles. The lowest BCUT2D eigenvalue weighted by Crippen LogP contribution is -1.89. The molecule has 12 heavy (non-hydrogen) atoms. The fourth-order valence-electron chi connectivity index (χ4n) is 1.32. The molecule has 0 amide bonds. The van der Waals surface area contributed by atoms with Gasteiger partial charge in [0.15, 0.2) is 0 Å². The van der Waals surface area contributed by atoms with Gasteiger partial charge >= 0.3 is 0 Å². The molecule has 1 rings (SSSR count). The van der Waals surface area contributed by atoms with E-state index in [0.717, 1.165) is 6.42 Å². The van der Waals surface area contributed by atoms with Gasteiger partial charge in [0.25, 0.3) is 0 Å². The Morgan fingerprint density at radius 3 is 2.58 bits per heavy atom. The predicted octanol–water partition coefficient (Wildman–Crippen LogP) is 3.73. The third kappa shape index (κ3) is 1.58. The second-order valence-electron chi connectivity index (χ2n) is 3.20. The van der Waals surface area contributed by atoms with Gasteiger partial charge in [-0.2, -0.15) is 0 Å². The van der Waals surface area contributed by atoms with Crippen LogP contribution in [-0.2, 0) is 0 Å². The second-order valence-corrected chi connectivity index (χ2v) is 3.20. The number of hydrogen-bond donors (Lipinski definition) is 0. The first-order valence-corrected chi connectivity index (χ1v) is 4.41. The van der Waals surface area contributed by atoms with Crippen molar-refractivity contribution >= 4 is 5.57 Å². The van der Waals surface area contributed by atoms with Crippen LogP contribution in [0.15, 0.2) is 24.8 Å². The van der Waals surface area contributed by atoms with Crippen LogP contribution in [0.3, 0.4) is 0 Å². The Bertz CT molecular complexity index is 295. The molecule has 0 heteroatoms. The van der Waals surface area contributed by atoms with E-state index >= 15 is 0 Å². The highest BCUT2D eigenvalue weighted by molar-refractivity contribution is 5.66. The van der Waals surface area contributed by atoms with Crippen molar-refractivity contribution in [3.63, 3.8) is 0 Å². The van der Waals surface area contributed by atoms with Crippen LogP contribution < -0.4 is 0 Å². The summed E-state index contributed by atoms with van der Waals surface area (Å²) in [5.41, 5.74) is 5.26. The lowest BCUT2D eigenvalue weighted by atomic mass is 9.97. The zero-order chi connectivity index (χ0) is 9.14. The Morgan fingerprint density at radius 1 is 1.33 bits per heavy atom. The molecule has 1 aromatic carbocycles. The smallest absolute Gasteiger partial charge is 0.0199 e. The molecular formula is C12H16. The molecule has 0 spiro atoms. The normalized spacial score (nSPS) is 9.92. The summed E-state index contributed by atoms with van der Waals surface area (Å²) in [6.07, 6.45) is 1.03. The minimum Gasteiger partial charge on any atom is -0.0952 e. The fourth-order valence-corrected chi connectivity index (χ4v) is 1.32. The van der Waals surface area contributed by atoms with Crippen LogP contribution in [0.25, 0.3) is 5.57 Å². The van der Waals surface area contributed by atoms with Crippen LogP contribution in [0.2, 0.25) is 0 Å². The van der Waals surface area contributed by atoms with E-state index in [1.165, 1.54) is 22.3 Å². The largest absolute Gasteiger partial charge is 0.0952 e. The second kappa shape index (κ2) is 3.57. The molecule has 0 aliphatic carbocycles. The molecule has 0 saturated heterocycles. The van der Waals surface area contributed by atoms with Crippen molar-refractivity contribution in [1.29, 1.82) is 0 Å². The molecule has 0 bridgehead atoms. The summed E-state index contributed by atoms with van der Waals surface area (Å²) in [4.78, 5) is 0. The van der Waals surface area contributed by atoms with Gasteiger partial charge in [-0.1, -0.05) is 31.7 Å². The van der Waals surface area contributed by atoms with Gasteiger partial charge in [-0.3, -0.25) is 0 Å². The Kier molecular flexibility index (Phi) is 2.69. The third-order valence-corrected chi connectivity index (χ3v) is 2.41. The van der Waals surface area contributed by atoms with Crippen molar-refractivity contribution in [3.05, 3.63) is 41.5 Å². The standard InChI is InChI=1S/C12H16/c1-5-9(2)12-8-6-7-10(3)11(12)4/h6-8H,2,5H2,1,3-4H3. The van der Waals surface area contributed by atoms with E-state index < -0.39 is 0 Å². The highest BCUT2D eigenvalue weighted by Crippen LogP contribution is 2.21. The summed E-state index contributed by atoms with van der Waals surface area (Å²) < 4.78 is 0. The molecule has 0 nitrogen and oxygen atoms in total. The van der Waals surface area contributed by atoms with Crippen molar-refractivity contribution < 1.29 is 0 Å². The molecule has 0 radical (unpaired) electrons. The molecule has 0 aliphatic heterocycles. The van der Waals surface area contributed by atoms with E-state index in [1.807, 2.05) is 0 Å². The molecule has 64 valence electrons. The SMILES string of the molecule is C=C(CC)c1cccc(C)c1C. The number of rotatable bonds is 2. The minimum atomic E-state index is 1.03. The van der Waals surface area contributed by atoms with Gasteiger partial charge in [-0.15, -0.1) is 0 Å². The van der Waals surface area contributed by atoms with E-state index in [4.69, 9.17) is 0 Å². The zero-order valence-corrected chi connectivity index (χ0v) is 8.15. The monoisotopic (exact) mass is 160 g/mol. The number of aryl methyl sites for hydroxylation is 1. The molecule has 0 aliphatic rings. The number of allylic oxidation sites excluding steroid dienone is 1. The van der Waals surface area contributed by atoms with Crippen molar-refractivity contribution in [2.24, 2.45) is 0 Å². The summed E-state index contributed by atoms with van der Waals surface area (Å²) in [5.74, 6) is 0. The average molecular weight is 160 g/mol. The van der Waals surface area contributed by atoms with Gasteiger partial charge < -0.3 is 0 Å². The molecule has 0 atom stereocenters. The van der Waals surface area contributed by atoms with Crippen LogP contribution in [0.4, 0.5) is 0 Å². The molecule has 0 unspecified atom stereocenters. The van der Waals surface area contributed by atoms with Gasteiger partial charge in [0.1, 0.15) is 0 Å². The Labute approximate surface area is 74.9 Å². The summed E-state index contributed by atoms with van der Waals surface area (Å²) in [6.45, 7) is 10.5. The highest BCUT2D eigenvalue weighted by atomic mass is 14.1. The first-order chi connectivity index (χ1) is 5.66. The van der Waals surface area contributed by atoms with Crippen LogP contribution in [0.5, 0.6) is 0 Å². The Morgan fingerprint density at radius 2 is 2.00 bits per heavy atom. The maximum Gasteiger partial charge on any atom is -0.0199 e. The maximum absolute atomic E-state index is 4.05. The Balaban J connectivity index is 3.16. The van der Waals surface area contributed by atoms with Gasteiger partial charge in [-0.25, -0.2) is 0 Å². The van der Waals surface area contributed by atoms with E-state index in [2.05, 4.69) is 45.5 Å². The molecule has 0 aromatic heterocycles. The van der Waals surface area contributed by atoms with E-state index in [-0.39, 0.29) is 0 Å². The van der Waals surface area contributed by atoms with Crippen LogP contribution in [0.1, 0.15) is 30.0 Å². The lowest BCUT2D eigenvalue weighted by molar-refractivity contribution is 1.22. The molecule has 0 fully saturated rings. The lowest BCUT2D eigenvalue weighted by Gasteiger charge is -2.09. The predicted molar refractivity (Wildman–Crippen MR) is 55.2 cm³/mol. The van der Waals surface area contributed by atoms with Crippen LogP contribution in [0, 0.1) is 13.8 Å². The fraction of sp³-hybridized carbons (Fsp3) is 0.333.